The second-order valence-electron chi connectivity index (χ2n) is 5.60. The van der Waals surface area contributed by atoms with E-state index in [0.717, 1.165) is 18.7 Å². The number of carbonyl (C=O) groups is 1. The van der Waals surface area contributed by atoms with E-state index in [4.69, 9.17) is 0 Å². The minimum Gasteiger partial charge on any atom is -0.357 e. The number of amides is 1. The van der Waals surface area contributed by atoms with E-state index in [-0.39, 0.29) is 17.8 Å². The van der Waals surface area contributed by atoms with Crippen LogP contribution in [0.2, 0.25) is 0 Å². The highest BCUT2D eigenvalue weighted by Crippen LogP contribution is 2.47. The van der Waals surface area contributed by atoms with Crippen molar-refractivity contribution in [2.24, 2.45) is 11.8 Å². The van der Waals surface area contributed by atoms with Gasteiger partial charge in [0.1, 0.15) is 11.9 Å². The number of carbonyl (C=O) groups excluding carboxylic acids is 1. The van der Waals surface area contributed by atoms with Crippen LogP contribution in [0.1, 0.15) is 19.3 Å². The third-order valence-corrected chi connectivity index (χ3v) is 4.68. The van der Waals surface area contributed by atoms with Gasteiger partial charge in [0.2, 0.25) is 5.91 Å². The predicted octanol–water partition coefficient (Wildman–Crippen LogP) is 2.38. The summed E-state index contributed by atoms with van der Waals surface area (Å²) < 4.78 is 13.2. The molecule has 0 bridgehead atoms. The fourth-order valence-electron chi connectivity index (χ4n) is 3.95. The molecule has 1 amide bonds. The van der Waals surface area contributed by atoms with Gasteiger partial charge in [-0.15, -0.1) is 0 Å². The highest BCUT2D eigenvalue weighted by Gasteiger charge is 2.49. The normalized spacial score (nSPS) is 32.8. The number of anilines is 2. The number of halogens is 1. The lowest BCUT2D eigenvalue weighted by Gasteiger charge is -2.34. The summed E-state index contributed by atoms with van der Waals surface area (Å²) in [5.41, 5.74) is 1.60. The summed E-state index contributed by atoms with van der Waals surface area (Å²) >= 11 is 0. The molecule has 1 aromatic carbocycles. The summed E-state index contributed by atoms with van der Waals surface area (Å²) in [6.07, 6.45) is 3.61. The number of nitrogens with one attached hydrogen (secondary N) is 1. The van der Waals surface area contributed by atoms with Crippen LogP contribution in [0.5, 0.6) is 0 Å². The second-order valence-corrected chi connectivity index (χ2v) is 5.60. The lowest BCUT2D eigenvalue weighted by atomic mass is 9.92. The van der Waals surface area contributed by atoms with Gasteiger partial charge in [-0.1, -0.05) is 6.42 Å². The Hall–Kier alpha value is -1.58. The summed E-state index contributed by atoms with van der Waals surface area (Å²) in [4.78, 5) is 14.4. The highest BCUT2D eigenvalue weighted by atomic mass is 19.1. The molecule has 0 spiro atoms. The van der Waals surface area contributed by atoms with E-state index in [1.54, 1.807) is 6.07 Å². The zero-order valence-corrected chi connectivity index (χ0v) is 10.0. The van der Waals surface area contributed by atoms with Crippen LogP contribution in [-0.2, 0) is 4.79 Å². The molecule has 1 N–H and O–H groups in total. The standard InChI is InChI=1S/C14H15FN2O/c15-9-4-5-12-11(6-9)16-14(18)13-10-3-1-2-8(10)7-17(12)13/h4-6,8,10,13H,1-3,7H2,(H,16,18). The Morgan fingerprint density at radius 1 is 1.33 bits per heavy atom. The van der Waals surface area contributed by atoms with Gasteiger partial charge in [-0.2, -0.15) is 0 Å². The van der Waals surface area contributed by atoms with Crippen molar-refractivity contribution in [1.29, 1.82) is 0 Å². The van der Waals surface area contributed by atoms with Gasteiger partial charge < -0.3 is 10.2 Å². The molecule has 0 aromatic heterocycles. The van der Waals surface area contributed by atoms with Crippen molar-refractivity contribution in [3.63, 3.8) is 0 Å². The molecule has 1 saturated heterocycles. The predicted molar refractivity (Wildman–Crippen MR) is 67.0 cm³/mol. The smallest absolute Gasteiger partial charge is 0.247 e. The summed E-state index contributed by atoms with van der Waals surface area (Å²) in [6, 6.07) is 4.65. The average molecular weight is 246 g/mol. The van der Waals surface area contributed by atoms with Gasteiger partial charge in [-0.3, -0.25) is 4.79 Å². The average Bonchev–Trinajstić information content (AvgIpc) is 2.87. The third-order valence-electron chi connectivity index (χ3n) is 4.68. The van der Waals surface area contributed by atoms with E-state index >= 15 is 0 Å². The molecule has 4 rings (SSSR count). The number of hydrogen-bond acceptors (Lipinski definition) is 2. The van der Waals surface area contributed by atoms with Gasteiger partial charge in [0, 0.05) is 6.54 Å². The van der Waals surface area contributed by atoms with Crippen LogP contribution in [0.4, 0.5) is 15.8 Å². The minimum absolute atomic E-state index is 0.0320. The van der Waals surface area contributed by atoms with Gasteiger partial charge in [-0.05, 0) is 42.9 Å². The van der Waals surface area contributed by atoms with E-state index in [0.29, 0.717) is 17.5 Å². The van der Waals surface area contributed by atoms with Crippen LogP contribution in [0.3, 0.4) is 0 Å². The highest BCUT2D eigenvalue weighted by molar-refractivity contribution is 6.04. The van der Waals surface area contributed by atoms with Crippen molar-refractivity contribution >= 4 is 17.3 Å². The summed E-state index contributed by atoms with van der Waals surface area (Å²) in [5, 5.41) is 2.86. The molecule has 3 nitrogen and oxygen atoms in total. The van der Waals surface area contributed by atoms with Crippen molar-refractivity contribution in [1.82, 2.24) is 0 Å². The first-order valence-corrected chi connectivity index (χ1v) is 6.61. The number of nitrogens with zero attached hydrogens (tertiary/aromatic N) is 1. The minimum atomic E-state index is -0.299. The van der Waals surface area contributed by atoms with E-state index in [1.807, 2.05) is 0 Å². The molecule has 2 aliphatic heterocycles. The van der Waals surface area contributed by atoms with Crippen LogP contribution in [-0.4, -0.2) is 18.5 Å². The zero-order chi connectivity index (χ0) is 12.3. The zero-order valence-electron chi connectivity index (χ0n) is 10.0. The Balaban J connectivity index is 1.80. The molecule has 1 saturated carbocycles. The van der Waals surface area contributed by atoms with Gasteiger partial charge in [0.05, 0.1) is 11.4 Å². The van der Waals surface area contributed by atoms with Gasteiger partial charge in [0.15, 0.2) is 0 Å². The maximum atomic E-state index is 13.2. The number of hydrogen-bond donors (Lipinski definition) is 1. The molecule has 3 atom stereocenters. The molecule has 4 heteroatoms. The second kappa shape index (κ2) is 3.46. The van der Waals surface area contributed by atoms with Crippen molar-refractivity contribution in [3.8, 4) is 0 Å². The number of fused-ring (bicyclic) bond motifs is 5. The lowest BCUT2D eigenvalue weighted by Crippen LogP contribution is -2.46. The maximum absolute atomic E-state index is 13.2. The molecule has 0 radical (unpaired) electrons. The molecule has 1 aromatic rings. The third kappa shape index (κ3) is 1.26. The van der Waals surface area contributed by atoms with Gasteiger partial charge in [0.25, 0.3) is 0 Å². The maximum Gasteiger partial charge on any atom is 0.247 e. The summed E-state index contributed by atoms with van der Waals surface area (Å²) in [5.74, 6) is 0.870. The van der Waals surface area contributed by atoms with Gasteiger partial charge in [-0.25, -0.2) is 4.39 Å². The van der Waals surface area contributed by atoms with Crippen LogP contribution in [0, 0.1) is 17.7 Å². The quantitative estimate of drug-likeness (QED) is 0.762. The van der Waals surface area contributed by atoms with E-state index in [9.17, 15) is 9.18 Å². The van der Waals surface area contributed by atoms with Crippen molar-refractivity contribution in [2.45, 2.75) is 25.3 Å². The summed E-state index contributed by atoms with van der Waals surface area (Å²) in [6.45, 7) is 0.946. The largest absolute Gasteiger partial charge is 0.357 e. The Labute approximate surface area is 105 Å². The Bertz CT molecular complexity index is 531. The van der Waals surface area contributed by atoms with Crippen molar-refractivity contribution in [2.75, 3.05) is 16.8 Å². The molecular formula is C14H15FN2O. The molecule has 2 heterocycles. The molecule has 18 heavy (non-hydrogen) atoms. The Kier molecular flexibility index (Phi) is 1.99. The van der Waals surface area contributed by atoms with Crippen molar-refractivity contribution in [3.05, 3.63) is 24.0 Å². The Morgan fingerprint density at radius 2 is 2.22 bits per heavy atom. The van der Waals surface area contributed by atoms with Crippen molar-refractivity contribution < 1.29 is 9.18 Å². The first-order chi connectivity index (χ1) is 8.74. The topological polar surface area (TPSA) is 32.3 Å². The molecule has 3 unspecified atom stereocenters. The molecule has 2 fully saturated rings. The van der Waals surface area contributed by atoms with E-state index in [1.165, 1.54) is 25.0 Å². The van der Waals surface area contributed by atoms with E-state index < -0.39 is 0 Å². The summed E-state index contributed by atoms with van der Waals surface area (Å²) in [7, 11) is 0. The SMILES string of the molecule is O=C1Nc2cc(F)ccc2N2CC3CCCC3C12. The van der Waals surface area contributed by atoms with Crippen LogP contribution in [0.15, 0.2) is 18.2 Å². The van der Waals surface area contributed by atoms with Crippen LogP contribution < -0.4 is 10.2 Å². The molecule has 1 aliphatic carbocycles. The Morgan fingerprint density at radius 3 is 3.11 bits per heavy atom. The lowest BCUT2D eigenvalue weighted by molar-refractivity contribution is -0.118. The van der Waals surface area contributed by atoms with Gasteiger partial charge >= 0.3 is 0 Å². The first-order valence-electron chi connectivity index (χ1n) is 6.61. The molecular weight excluding hydrogens is 231 g/mol. The molecule has 94 valence electrons. The number of rotatable bonds is 0. The fraction of sp³-hybridized carbons (Fsp3) is 0.500. The fourth-order valence-corrected chi connectivity index (χ4v) is 3.95. The van der Waals surface area contributed by atoms with E-state index in [2.05, 4.69) is 10.2 Å². The first kappa shape index (κ1) is 10.4. The number of benzene rings is 1. The van der Waals surface area contributed by atoms with Crippen LogP contribution in [0.25, 0.3) is 0 Å². The molecule has 3 aliphatic rings. The monoisotopic (exact) mass is 246 g/mol. The van der Waals surface area contributed by atoms with Crippen LogP contribution >= 0.6 is 0 Å².